The largest absolute Gasteiger partial charge is 0.344 e. The van der Waals surface area contributed by atoms with Crippen molar-refractivity contribution in [2.75, 3.05) is 11.9 Å². The van der Waals surface area contributed by atoms with Crippen molar-refractivity contribution in [1.29, 1.82) is 0 Å². The molecule has 7 rings (SSSR count). The molecule has 176 valence electrons. The molecule has 0 saturated carbocycles. The second-order valence-electron chi connectivity index (χ2n) is 9.55. The highest BCUT2D eigenvalue weighted by Crippen LogP contribution is 2.55. The van der Waals surface area contributed by atoms with Gasteiger partial charge in [0.05, 0.1) is 5.69 Å². The number of hydroxylamine groups is 1. The van der Waals surface area contributed by atoms with Crippen LogP contribution in [0.15, 0.2) is 109 Å². The van der Waals surface area contributed by atoms with E-state index >= 15 is 0 Å². The van der Waals surface area contributed by atoms with Crippen molar-refractivity contribution in [1.82, 2.24) is 10.0 Å². The molecule has 36 heavy (non-hydrogen) atoms. The van der Waals surface area contributed by atoms with Gasteiger partial charge in [0.15, 0.2) is 11.1 Å². The predicted molar refractivity (Wildman–Crippen MR) is 141 cm³/mol. The van der Waals surface area contributed by atoms with Gasteiger partial charge in [0.25, 0.3) is 5.91 Å². The molecule has 1 spiro atoms. The third-order valence-electron chi connectivity index (χ3n) is 7.83. The van der Waals surface area contributed by atoms with Gasteiger partial charge in [-0.3, -0.25) is 9.63 Å². The molecule has 0 saturated heterocycles. The Labute approximate surface area is 209 Å². The SMILES string of the molecule is CN1C(=O)[C@]2(NOC(c3ccccc3)(c3ccccc3)c3c2c2ccccc2n3C)c2ccccc21. The number of nitrogens with zero attached hydrogens (tertiary/aromatic N) is 2. The summed E-state index contributed by atoms with van der Waals surface area (Å²) in [6.07, 6.45) is 0. The number of rotatable bonds is 2. The van der Waals surface area contributed by atoms with Crippen LogP contribution in [0.4, 0.5) is 5.69 Å². The Kier molecular flexibility index (Phi) is 4.34. The summed E-state index contributed by atoms with van der Waals surface area (Å²) in [5.41, 5.74) is 7.89. The van der Waals surface area contributed by atoms with Gasteiger partial charge in [-0.05, 0) is 23.3 Å². The molecule has 1 aromatic heterocycles. The van der Waals surface area contributed by atoms with E-state index in [1.54, 1.807) is 4.90 Å². The Balaban J connectivity index is 1.68. The lowest BCUT2D eigenvalue weighted by atomic mass is 9.74. The zero-order valence-electron chi connectivity index (χ0n) is 20.1. The minimum atomic E-state index is -1.17. The zero-order chi connectivity index (χ0) is 24.5. The Morgan fingerprint density at radius 1 is 0.722 bits per heavy atom. The second kappa shape index (κ2) is 7.40. The maximum Gasteiger partial charge on any atom is 0.258 e. The molecule has 1 amide bonds. The second-order valence-corrected chi connectivity index (χ2v) is 9.55. The number of para-hydroxylation sites is 2. The van der Waals surface area contributed by atoms with E-state index in [-0.39, 0.29) is 5.91 Å². The summed E-state index contributed by atoms with van der Waals surface area (Å²) in [4.78, 5) is 22.8. The van der Waals surface area contributed by atoms with Gasteiger partial charge in [0.2, 0.25) is 0 Å². The fourth-order valence-electron chi connectivity index (χ4n) is 6.24. The van der Waals surface area contributed by atoms with Crippen LogP contribution in [0, 0.1) is 0 Å². The fraction of sp³-hybridized carbons (Fsp3) is 0.129. The number of fused-ring (bicyclic) bond motifs is 6. The number of carbonyl (C=O) groups excluding carboxylic acids is 1. The van der Waals surface area contributed by atoms with E-state index in [0.717, 1.165) is 44.5 Å². The summed E-state index contributed by atoms with van der Waals surface area (Å²) < 4.78 is 2.20. The number of anilines is 1. The van der Waals surface area contributed by atoms with Crippen molar-refractivity contribution in [2.24, 2.45) is 7.05 Å². The predicted octanol–water partition coefficient (Wildman–Crippen LogP) is 5.23. The first-order chi connectivity index (χ1) is 17.6. The molecular weight excluding hydrogens is 446 g/mol. The smallest absolute Gasteiger partial charge is 0.258 e. The van der Waals surface area contributed by atoms with Crippen LogP contribution in [0.3, 0.4) is 0 Å². The number of hydrogen-bond donors (Lipinski definition) is 1. The monoisotopic (exact) mass is 471 g/mol. The van der Waals surface area contributed by atoms with Crippen LogP contribution in [0.25, 0.3) is 10.9 Å². The topological polar surface area (TPSA) is 46.5 Å². The number of likely N-dealkylation sites (N-methyl/N-ethyl adjacent to an activating group) is 1. The molecular formula is C31H25N3O2. The molecule has 2 aliphatic rings. The van der Waals surface area contributed by atoms with E-state index < -0.39 is 11.1 Å². The number of carbonyl (C=O) groups is 1. The first kappa shape index (κ1) is 21.1. The Morgan fingerprint density at radius 3 is 2.00 bits per heavy atom. The molecule has 1 N–H and O–H groups in total. The third-order valence-corrected chi connectivity index (χ3v) is 7.83. The molecule has 5 aromatic rings. The van der Waals surface area contributed by atoms with Crippen molar-refractivity contribution in [3.63, 3.8) is 0 Å². The van der Waals surface area contributed by atoms with Gasteiger partial charge in [0.1, 0.15) is 0 Å². The van der Waals surface area contributed by atoms with Crippen molar-refractivity contribution >= 4 is 22.5 Å². The van der Waals surface area contributed by atoms with Crippen LogP contribution in [0.2, 0.25) is 0 Å². The number of hydrogen-bond acceptors (Lipinski definition) is 3. The van der Waals surface area contributed by atoms with E-state index in [1.165, 1.54) is 0 Å². The van der Waals surface area contributed by atoms with E-state index in [9.17, 15) is 4.79 Å². The number of amides is 1. The highest BCUT2D eigenvalue weighted by molar-refractivity contribution is 6.12. The highest BCUT2D eigenvalue weighted by Gasteiger charge is 2.61. The minimum absolute atomic E-state index is 0.0592. The van der Waals surface area contributed by atoms with Crippen LogP contribution in [0.5, 0.6) is 0 Å². The van der Waals surface area contributed by atoms with Crippen LogP contribution in [-0.4, -0.2) is 17.5 Å². The van der Waals surface area contributed by atoms with Crippen molar-refractivity contribution < 1.29 is 9.63 Å². The van der Waals surface area contributed by atoms with E-state index in [1.807, 2.05) is 79.8 Å². The third kappa shape index (κ3) is 2.43. The highest BCUT2D eigenvalue weighted by atomic mass is 16.7. The summed E-state index contributed by atoms with van der Waals surface area (Å²) in [5, 5.41) is 1.03. The summed E-state index contributed by atoms with van der Waals surface area (Å²) >= 11 is 0. The first-order valence-electron chi connectivity index (χ1n) is 12.1. The van der Waals surface area contributed by atoms with E-state index in [2.05, 4.69) is 53.5 Å². The van der Waals surface area contributed by atoms with Crippen LogP contribution < -0.4 is 10.4 Å². The molecule has 3 heterocycles. The average Bonchev–Trinajstić information content (AvgIpc) is 3.36. The van der Waals surface area contributed by atoms with Gasteiger partial charge >= 0.3 is 0 Å². The number of nitrogens with one attached hydrogen (secondary N) is 1. The Morgan fingerprint density at radius 2 is 1.31 bits per heavy atom. The van der Waals surface area contributed by atoms with Gasteiger partial charge in [-0.2, -0.15) is 5.48 Å². The van der Waals surface area contributed by atoms with Gasteiger partial charge in [-0.25, -0.2) is 0 Å². The lowest BCUT2D eigenvalue weighted by Crippen LogP contribution is -2.59. The number of aromatic nitrogens is 1. The van der Waals surface area contributed by atoms with Crippen molar-refractivity contribution in [3.05, 3.63) is 137 Å². The van der Waals surface area contributed by atoms with Crippen molar-refractivity contribution in [2.45, 2.75) is 11.1 Å². The zero-order valence-corrected chi connectivity index (χ0v) is 20.1. The number of benzene rings is 4. The maximum atomic E-state index is 14.2. The quantitative estimate of drug-likeness (QED) is 0.384. The Hall–Kier alpha value is -4.19. The van der Waals surface area contributed by atoms with Crippen LogP contribution >= 0.6 is 0 Å². The molecule has 0 bridgehead atoms. The molecule has 0 unspecified atom stereocenters. The molecule has 0 fully saturated rings. The van der Waals surface area contributed by atoms with Crippen LogP contribution in [0.1, 0.15) is 27.9 Å². The van der Waals surface area contributed by atoms with Gasteiger partial charge in [0, 0.05) is 41.8 Å². The van der Waals surface area contributed by atoms with Gasteiger partial charge in [-0.15, -0.1) is 0 Å². The molecule has 1 atom stereocenters. The van der Waals surface area contributed by atoms with E-state index in [0.29, 0.717) is 0 Å². The number of aryl methyl sites for hydroxylation is 1. The molecule has 5 nitrogen and oxygen atoms in total. The molecule has 5 heteroatoms. The normalized spacial score (nSPS) is 20.1. The van der Waals surface area contributed by atoms with Gasteiger partial charge < -0.3 is 9.47 Å². The molecule has 4 aromatic carbocycles. The Bertz CT molecular complexity index is 1600. The molecule has 0 radical (unpaired) electrons. The molecule has 2 aliphatic heterocycles. The van der Waals surface area contributed by atoms with E-state index in [4.69, 9.17) is 4.84 Å². The lowest BCUT2D eigenvalue weighted by Gasteiger charge is -2.45. The molecule has 0 aliphatic carbocycles. The summed E-state index contributed by atoms with van der Waals surface area (Å²) in [7, 11) is 3.90. The average molecular weight is 472 g/mol. The lowest BCUT2D eigenvalue weighted by molar-refractivity contribution is -0.145. The fourth-order valence-corrected chi connectivity index (χ4v) is 6.24. The summed E-state index contributed by atoms with van der Waals surface area (Å²) in [5.74, 6) is -0.0592. The standard InChI is InChI=1S/C31H25N3O2/c1-33-25-19-11-9-17-23(25)27-28(33)31(21-13-5-3-6-14-21,22-15-7-4-8-16-22)36-32-30(27)24-18-10-12-20-26(24)34(2)29(30)35/h3-20,32H,1-2H3/t30-/m0/s1. The summed E-state index contributed by atoms with van der Waals surface area (Å²) in [6.45, 7) is 0. The summed E-state index contributed by atoms with van der Waals surface area (Å²) in [6, 6.07) is 36.7. The van der Waals surface area contributed by atoms with Crippen LogP contribution in [-0.2, 0) is 27.8 Å². The maximum absolute atomic E-state index is 14.2. The first-order valence-corrected chi connectivity index (χ1v) is 12.1. The van der Waals surface area contributed by atoms with Crippen molar-refractivity contribution in [3.8, 4) is 0 Å². The van der Waals surface area contributed by atoms with Gasteiger partial charge in [-0.1, -0.05) is 97.1 Å². The minimum Gasteiger partial charge on any atom is -0.344 e.